The molecule has 0 fully saturated rings. The van der Waals surface area contributed by atoms with Crippen molar-refractivity contribution in [1.82, 2.24) is 0 Å². The number of hydrogen-bond donors (Lipinski definition) is 0. The predicted octanol–water partition coefficient (Wildman–Crippen LogP) is 12.8. The van der Waals surface area contributed by atoms with Crippen molar-refractivity contribution in [2.45, 2.75) is 0 Å². The van der Waals surface area contributed by atoms with E-state index in [1.165, 1.54) is 49.4 Å². The Morgan fingerprint density at radius 3 is 1.52 bits per heavy atom. The highest BCUT2D eigenvalue weighted by Crippen LogP contribution is 2.47. The summed E-state index contributed by atoms with van der Waals surface area (Å²) in [6.07, 6.45) is 0. The van der Waals surface area contributed by atoms with Crippen LogP contribution in [0.5, 0.6) is 0 Å². The van der Waals surface area contributed by atoms with Gasteiger partial charge in [-0.3, -0.25) is 0 Å². The molecule has 10 rings (SSSR count). The molecule has 0 aliphatic rings. The highest BCUT2D eigenvalue weighted by Gasteiger charge is 2.21. The van der Waals surface area contributed by atoms with Gasteiger partial charge in [0.05, 0.1) is 0 Å². The zero-order valence-corrected chi connectivity index (χ0v) is 24.8. The first-order valence-corrected chi connectivity index (χ1v) is 15.7. The minimum absolute atomic E-state index is 0.831. The van der Waals surface area contributed by atoms with Crippen molar-refractivity contribution in [3.63, 3.8) is 0 Å². The molecule has 0 saturated heterocycles. The smallest absolute Gasteiger partial charge is 0.143 e. The zero-order chi connectivity index (χ0) is 30.2. The van der Waals surface area contributed by atoms with Crippen molar-refractivity contribution in [2.24, 2.45) is 0 Å². The van der Waals surface area contributed by atoms with Gasteiger partial charge in [-0.1, -0.05) is 140 Å². The van der Waals surface area contributed by atoms with Crippen LogP contribution < -0.4 is 0 Å². The maximum absolute atomic E-state index is 6.75. The number of benzene rings is 8. The van der Waals surface area contributed by atoms with Gasteiger partial charge in [-0.2, -0.15) is 0 Å². The summed E-state index contributed by atoms with van der Waals surface area (Å²) in [7, 11) is 0. The van der Waals surface area contributed by atoms with Gasteiger partial charge in [0.1, 0.15) is 22.3 Å². The number of furan rings is 2. The molecule has 2 aromatic heterocycles. The third-order valence-electron chi connectivity index (χ3n) is 9.48. The van der Waals surface area contributed by atoms with Gasteiger partial charge in [0.15, 0.2) is 0 Å². The lowest BCUT2D eigenvalue weighted by atomic mass is 9.85. The molecule has 0 saturated carbocycles. The Labute approximate surface area is 264 Å². The fourth-order valence-electron chi connectivity index (χ4n) is 7.40. The Kier molecular flexibility index (Phi) is 5.31. The van der Waals surface area contributed by atoms with E-state index in [0.717, 1.165) is 49.4 Å². The van der Waals surface area contributed by atoms with E-state index in [0.29, 0.717) is 0 Å². The van der Waals surface area contributed by atoms with E-state index in [9.17, 15) is 0 Å². The number of fused-ring (bicyclic) bond motifs is 8. The van der Waals surface area contributed by atoms with Crippen LogP contribution >= 0.6 is 0 Å². The Bertz CT molecular complexity index is 2720. The molecule has 0 unspecified atom stereocenters. The molecule has 46 heavy (non-hydrogen) atoms. The highest BCUT2D eigenvalue weighted by molar-refractivity contribution is 6.25. The summed E-state index contributed by atoms with van der Waals surface area (Å²) in [6.45, 7) is 0. The molecule has 0 bridgehead atoms. The molecule has 0 amide bonds. The second kappa shape index (κ2) is 9.69. The van der Waals surface area contributed by atoms with Gasteiger partial charge in [0, 0.05) is 38.7 Å². The standard InChI is InChI=1S/C44H26O2/c1-2-11-27(12-3-1)28-21-23-29(24-22-28)42-31-14-4-6-16-33(31)43(34-17-7-5-15-32(34)42)36-19-10-18-35-38-25-37-30-13-8-9-20-39(30)45-40(37)26-41(38)46-44(35)36/h1-26H. The second-order valence-electron chi connectivity index (χ2n) is 12.0. The van der Waals surface area contributed by atoms with Crippen molar-refractivity contribution in [2.75, 3.05) is 0 Å². The van der Waals surface area contributed by atoms with E-state index < -0.39 is 0 Å². The van der Waals surface area contributed by atoms with Gasteiger partial charge in [0.2, 0.25) is 0 Å². The SMILES string of the molecule is c1ccc(-c2ccc(-c3c4ccccc4c(-c4cccc5c4oc4cc6oc7ccccc7c6cc45)c4ccccc34)cc2)cc1. The third kappa shape index (κ3) is 3.65. The molecule has 2 heterocycles. The molecule has 0 aliphatic carbocycles. The summed E-state index contributed by atoms with van der Waals surface area (Å²) >= 11 is 0. The largest absolute Gasteiger partial charge is 0.456 e. The van der Waals surface area contributed by atoms with Gasteiger partial charge in [-0.25, -0.2) is 0 Å². The monoisotopic (exact) mass is 586 g/mol. The normalized spacial score (nSPS) is 11.9. The lowest BCUT2D eigenvalue weighted by Gasteiger charge is -2.18. The van der Waals surface area contributed by atoms with Crippen molar-refractivity contribution >= 4 is 65.4 Å². The quantitative estimate of drug-likeness (QED) is 0.193. The van der Waals surface area contributed by atoms with Crippen molar-refractivity contribution < 1.29 is 8.83 Å². The molecule has 0 aliphatic heterocycles. The second-order valence-corrected chi connectivity index (χ2v) is 12.0. The maximum atomic E-state index is 6.75. The van der Waals surface area contributed by atoms with Crippen molar-refractivity contribution in [3.8, 4) is 33.4 Å². The van der Waals surface area contributed by atoms with Crippen LogP contribution in [0.15, 0.2) is 167 Å². The van der Waals surface area contributed by atoms with Gasteiger partial charge in [-0.15, -0.1) is 0 Å². The van der Waals surface area contributed by atoms with Gasteiger partial charge in [0.25, 0.3) is 0 Å². The van der Waals surface area contributed by atoms with Gasteiger partial charge < -0.3 is 8.83 Å². The van der Waals surface area contributed by atoms with Crippen LogP contribution in [0.25, 0.3) is 98.8 Å². The average Bonchev–Trinajstić information content (AvgIpc) is 3.67. The topological polar surface area (TPSA) is 26.3 Å². The Balaban J connectivity index is 1.24. The first kappa shape index (κ1) is 25.2. The summed E-state index contributed by atoms with van der Waals surface area (Å²) in [5.74, 6) is 0. The minimum atomic E-state index is 0.831. The molecule has 0 spiro atoms. The Hall–Kier alpha value is -6.12. The molecule has 0 atom stereocenters. The van der Waals surface area contributed by atoms with Crippen LogP contribution in [-0.2, 0) is 0 Å². The maximum Gasteiger partial charge on any atom is 0.143 e. The van der Waals surface area contributed by atoms with E-state index >= 15 is 0 Å². The van der Waals surface area contributed by atoms with E-state index in [1.54, 1.807) is 0 Å². The summed E-state index contributed by atoms with van der Waals surface area (Å²) < 4.78 is 13.0. The lowest BCUT2D eigenvalue weighted by Crippen LogP contribution is -1.91. The fraction of sp³-hybridized carbons (Fsp3) is 0. The third-order valence-corrected chi connectivity index (χ3v) is 9.48. The van der Waals surface area contributed by atoms with Gasteiger partial charge in [-0.05, 0) is 55.9 Å². The highest BCUT2D eigenvalue weighted by atomic mass is 16.3. The average molecular weight is 587 g/mol. The zero-order valence-electron chi connectivity index (χ0n) is 24.8. The van der Waals surface area contributed by atoms with Crippen LogP contribution in [0, 0.1) is 0 Å². The first-order chi connectivity index (χ1) is 22.8. The Morgan fingerprint density at radius 1 is 0.283 bits per heavy atom. The summed E-state index contributed by atoms with van der Waals surface area (Å²) in [5, 5.41) is 9.28. The number of hydrogen-bond acceptors (Lipinski definition) is 2. The number of rotatable bonds is 3. The molecule has 214 valence electrons. The molecule has 2 heteroatoms. The first-order valence-electron chi connectivity index (χ1n) is 15.7. The van der Waals surface area contributed by atoms with Crippen LogP contribution in [0.4, 0.5) is 0 Å². The minimum Gasteiger partial charge on any atom is -0.456 e. The molecule has 0 radical (unpaired) electrons. The summed E-state index contributed by atoms with van der Waals surface area (Å²) in [6, 6.07) is 56.1. The molecular formula is C44H26O2. The van der Waals surface area contributed by atoms with Crippen LogP contribution in [-0.4, -0.2) is 0 Å². The predicted molar refractivity (Wildman–Crippen MR) is 192 cm³/mol. The van der Waals surface area contributed by atoms with E-state index in [1.807, 2.05) is 18.2 Å². The van der Waals surface area contributed by atoms with E-state index in [4.69, 9.17) is 8.83 Å². The fourth-order valence-corrected chi connectivity index (χ4v) is 7.40. The summed E-state index contributed by atoms with van der Waals surface area (Å²) in [4.78, 5) is 0. The molecule has 8 aromatic carbocycles. The van der Waals surface area contributed by atoms with E-state index in [2.05, 4.69) is 140 Å². The van der Waals surface area contributed by atoms with Crippen LogP contribution in [0.3, 0.4) is 0 Å². The van der Waals surface area contributed by atoms with Crippen molar-refractivity contribution in [3.05, 3.63) is 158 Å². The molecule has 10 aromatic rings. The van der Waals surface area contributed by atoms with Crippen LogP contribution in [0.2, 0.25) is 0 Å². The van der Waals surface area contributed by atoms with Gasteiger partial charge >= 0.3 is 0 Å². The number of para-hydroxylation sites is 2. The molecule has 0 N–H and O–H groups in total. The lowest BCUT2D eigenvalue weighted by molar-refractivity contribution is 0.656. The summed E-state index contributed by atoms with van der Waals surface area (Å²) in [5.41, 5.74) is 10.6. The molecule has 2 nitrogen and oxygen atoms in total. The Morgan fingerprint density at radius 2 is 0.804 bits per heavy atom. The van der Waals surface area contributed by atoms with Crippen LogP contribution in [0.1, 0.15) is 0 Å². The molecular weight excluding hydrogens is 560 g/mol. The van der Waals surface area contributed by atoms with Crippen molar-refractivity contribution in [1.29, 1.82) is 0 Å². The van der Waals surface area contributed by atoms with E-state index in [-0.39, 0.29) is 0 Å².